The highest BCUT2D eigenvalue weighted by Crippen LogP contribution is 2.25. The normalized spacial score (nSPS) is 23.9. The lowest BCUT2D eigenvalue weighted by Gasteiger charge is -2.23. The molecular weight excluding hydrogens is 224 g/mol. The molecule has 4 N–H and O–H groups in total. The van der Waals surface area contributed by atoms with Gasteiger partial charge < -0.3 is 11.5 Å². The molecule has 0 spiro atoms. The molecule has 0 aliphatic heterocycles. The average molecular weight is 242 g/mol. The number of azo groups is 1. The van der Waals surface area contributed by atoms with Gasteiger partial charge in [0.25, 0.3) is 0 Å². The Morgan fingerprint density at radius 2 is 1.94 bits per heavy atom. The van der Waals surface area contributed by atoms with Crippen LogP contribution in [0.15, 0.2) is 58.0 Å². The fraction of sp³-hybridized carbons (Fsp3) is 0.286. The Balaban J connectivity index is 2.26. The molecule has 0 saturated heterocycles. The van der Waals surface area contributed by atoms with Crippen molar-refractivity contribution in [1.29, 1.82) is 0 Å². The summed E-state index contributed by atoms with van der Waals surface area (Å²) >= 11 is 0. The van der Waals surface area contributed by atoms with Gasteiger partial charge >= 0.3 is 0 Å². The van der Waals surface area contributed by atoms with Crippen molar-refractivity contribution in [1.82, 2.24) is 0 Å². The summed E-state index contributed by atoms with van der Waals surface area (Å²) in [5.74, 6) is 0. The third-order valence-electron chi connectivity index (χ3n) is 2.90. The van der Waals surface area contributed by atoms with E-state index in [9.17, 15) is 0 Å². The molecule has 0 fully saturated rings. The molecule has 0 amide bonds. The third kappa shape index (κ3) is 2.84. The van der Waals surface area contributed by atoms with Crippen LogP contribution in [0.25, 0.3) is 0 Å². The minimum Gasteiger partial charge on any atom is -0.397 e. The largest absolute Gasteiger partial charge is 0.397 e. The van der Waals surface area contributed by atoms with Crippen LogP contribution in [-0.4, -0.2) is 5.54 Å². The summed E-state index contributed by atoms with van der Waals surface area (Å²) in [5, 5.41) is 8.43. The minimum absolute atomic E-state index is 0.400. The zero-order valence-corrected chi connectivity index (χ0v) is 10.7. The Morgan fingerprint density at radius 3 is 2.67 bits per heavy atom. The van der Waals surface area contributed by atoms with Crippen molar-refractivity contribution in [2.45, 2.75) is 25.8 Å². The van der Waals surface area contributed by atoms with E-state index in [0.717, 1.165) is 17.7 Å². The van der Waals surface area contributed by atoms with E-state index in [1.165, 1.54) is 0 Å². The van der Waals surface area contributed by atoms with Crippen molar-refractivity contribution in [2.75, 3.05) is 0 Å². The number of hydrogen-bond acceptors (Lipinski definition) is 4. The van der Waals surface area contributed by atoms with Gasteiger partial charge in [-0.3, -0.25) is 0 Å². The lowest BCUT2D eigenvalue weighted by Crippen LogP contribution is -2.35. The molecule has 1 aliphatic carbocycles. The summed E-state index contributed by atoms with van der Waals surface area (Å²) in [4.78, 5) is 0. The fourth-order valence-corrected chi connectivity index (χ4v) is 1.76. The molecule has 18 heavy (non-hydrogen) atoms. The minimum atomic E-state index is -0.400. The van der Waals surface area contributed by atoms with Gasteiger partial charge in [0.05, 0.1) is 11.4 Å². The standard InChI is InChI=1S/C14H18N4/c1-10-5-3-4-6-12(10)17-18-13-9-14(2,16)8-7-11(13)15/h3-7,9H,8,15-16H2,1-2H3. The van der Waals surface area contributed by atoms with Gasteiger partial charge in [0.15, 0.2) is 0 Å². The molecule has 4 nitrogen and oxygen atoms in total. The van der Waals surface area contributed by atoms with Crippen molar-refractivity contribution < 1.29 is 0 Å². The molecule has 0 radical (unpaired) electrons. The van der Waals surface area contributed by atoms with Gasteiger partial charge in [-0.2, -0.15) is 5.11 Å². The predicted octanol–water partition coefficient (Wildman–Crippen LogP) is 2.93. The maximum atomic E-state index is 6.05. The molecule has 1 aliphatic rings. The van der Waals surface area contributed by atoms with Crippen molar-refractivity contribution in [2.24, 2.45) is 21.7 Å². The van der Waals surface area contributed by atoms with E-state index in [2.05, 4.69) is 10.2 Å². The number of rotatable bonds is 2. The molecule has 0 saturated carbocycles. The van der Waals surface area contributed by atoms with Gasteiger partial charge in [-0.1, -0.05) is 24.3 Å². The first kappa shape index (κ1) is 12.5. The molecule has 1 unspecified atom stereocenters. The van der Waals surface area contributed by atoms with Crippen molar-refractivity contribution >= 4 is 5.69 Å². The summed E-state index contributed by atoms with van der Waals surface area (Å²) in [7, 11) is 0. The third-order valence-corrected chi connectivity index (χ3v) is 2.90. The molecule has 94 valence electrons. The van der Waals surface area contributed by atoms with E-state index in [1.54, 1.807) is 0 Å². The summed E-state index contributed by atoms with van der Waals surface area (Å²) < 4.78 is 0. The highest BCUT2D eigenvalue weighted by atomic mass is 15.1. The Bertz CT molecular complexity index is 538. The first-order chi connectivity index (χ1) is 8.48. The second-order valence-electron chi connectivity index (χ2n) is 4.89. The number of nitrogens with two attached hydrogens (primary N) is 2. The van der Waals surface area contributed by atoms with Crippen LogP contribution in [0.4, 0.5) is 5.69 Å². The van der Waals surface area contributed by atoms with Gasteiger partial charge in [-0.05, 0) is 38.0 Å². The number of benzene rings is 1. The van der Waals surface area contributed by atoms with Crippen molar-refractivity contribution in [3.8, 4) is 0 Å². The monoisotopic (exact) mass is 242 g/mol. The van der Waals surface area contributed by atoms with Gasteiger partial charge in [0, 0.05) is 5.54 Å². The van der Waals surface area contributed by atoms with Gasteiger partial charge in [0.1, 0.15) is 5.70 Å². The van der Waals surface area contributed by atoms with Crippen LogP contribution < -0.4 is 11.5 Å². The second kappa shape index (κ2) is 4.74. The topological polar surface area (TPSA) is 76.8 Å². The van der Waals surface area contributed by atoms with E-state index in [1.807, 2.05) is 50.3 Å². The lowest BCUT2D eigenvalue weighted by molar-refractivity contribution is 0.578. The first-order valence-corrected chi connectivity index (χ1v) is 5.93. The van der Waals surface area contributed by atoms with Crippen LogP contribution in [0.1, 0.15) is 18.9 Å². The molecule has 4 heteroatoms. The molecule has 1 aromatic rings. The van der Waals surface area contributed by atoms with E-state index in [4.69, 9.17) is 11.5 Å². The molecule has 1 atom stereocenters. The fourth-order valence-electron chi connectivity index (χ4n) is 1.76. The quantitative estimate of drug-likeness (QED) is 0.782. The number of hydrogen-bond donors (Lipinski definition) is 2. The predicted molar refractivity (Wildman–Crippen MR) is 73.3 cm³/mol. The van der Waals surface area contributed by atoms with E-state index in [-0.39, 0.29) is 0 Å². The SMILES string of the molecule is Cc1ccccc1N=NC1=CC(C)(N)CC=C1N. The molecule has 0 aromatic heterocycles. The molecular formula is C14H18N4. The maximum Gasteiger partial charge on any atom is 0.106 e. The van der Waals surface area contributed by atoms with Crippen LogP contribution >= 0.6 is 0 Å². The van der Waals surface area contributed by atoms with Crippen molar-refractivity contribution in [3.63, 3.8) is 0 Å². The highest BCUT2D eigenvalue weighted by molar-refractivity contribution is 5.44. The van der Waals surface area contributed by atoms with E-state index < -0.39 is 5.54 Å². The lowest BCUT2D eigenvalue weighted by atomic mass is 9.92. The van der Waals surface area contributed by atoms with Crippen LogP contribution in [0.5, 0.6) is 0 Å². The Morgan fingerprint density at radius 1 is 1.22 bits per heavy atom. The zero-order valence-electron chi connectivity index (χ0n) is 10.7. The zero-order chi connectivity index (χ0) is 13.2. The van der Waals surface area contributed by atoms with E-state index in [0.29, 0.717) is 11.4 Å². The van der Waals surface area contributed by atoms with Gasteiger partial charge in [-0.25, -0.2) is 0 Å². The molecule has 1 aromatic carbocycles. The first-order valence-electron chi connectivity index (χ1n) is 5.93. The maximum absolute atomic E-state index is 6.05. The van der Waals surface area contributed by atoms with E-state index >= 15 is 0 Å². The Kier molecular flexibility index (Phi) is 3.30. The summed E-state index contributed by atoms with van der Waals surface area (Å²) in [6, 6.07) is 7.82. The van der Waals surface area contributed by atoms with Gasteiger partial charge in [-0.15, -0.1) is 5.11 Å². The van der Waals surface area contributed by atoms with Crippen LogP contribution in [-0.2, 0) is 0 Å². The summed E-state index contributed by atoms with van der Waals surface area (Å²) in [5.41, 5.74) is 14.7. The molecule has 0 bridgehead atoms. The molecule has 2 rings (SSSR count). The van der Waals surface area contributed by atoms with Crippen LogP contribution in [0, 0.1) is 6.92 Å². The van der Waals surface area contributed by atoms with Crippen LogP contribution in [0.2, 0.25) is 0 Å². The average Bonchev–Trinajstić information content (AvgIpc) is 2.32. The molecule has 0 heterocycles. The Labute approximate surface area is 107 Å². The highest BCUT2D eigenvalue weighted by Gasteiger charge is 2.20. The van der Waals surface area contributed by atoms with Crippen molar-refractivity contribution in [3.05, 3.63) is 53.4 Å². The number of aryl methyl sites for hydroxylation is 1. The summed E-state index contributed by atoms with van der Waals surface area (Å²) in [6.45, 7) is 3.94. The smallest absolute Gasteiger partial charge is 0.106 e. The summed E-state index contributed by atoms with van der Waals surface area (Å²) in [6.07, 6.45) is 4.48. The second-order valence-corrected chi connectivity index (χ2v) is 4.89. The Hall–Kier alpha value is -1.94. The number of nitrogens with zero attached hydrogens (tertiary/aromatic N) is 2. The van der Waals surface area contributed by atoms with Gasteiger partial charge in [0.2, 0.25) is 0 Å². The van der Waals surface area contributed by atoms with Crippen LogP contribution in [0.3, 0.4) is 0 Å².